The highest BCUT2D eigenvalue weighted by Crippen LogP contribution is 2.43. The minimum absolute atomic E-state index is 0.118. The Hall–Kier alpha value is 0.480. The van der Waals surface area contributed by atoms with Crippen molar-refractivity contribution >= 4 is 19.0 Å². The van der Waals surface area contributed by atoms with Crippen LogP contribution in [-0.2, 0) is 9.09 Å². The fourth-order valence-corrected chi connectivity index (χ4v) is 1.16. The molecule has 0 bridgehead atoms. The van der Waals surface area contributed by atoms with Crippen molar-refractivity contribution in [3.8, 4) is 0 Å². The fraction of sp³-hybridized carbons (Fsp3) is 1.00. The Kier molecular flexibility index (Phi) is 4.55. The molecule has 0 radical (unpaired) electrons. The largest absolute Gasteiger partial charge is 0.328 e. The molecular weight excluding hydrogens is 158 g/mol. The third-order valence-corrected chi connectivity index (χ3v) is 3.25. The van der Waals surface area contributed by atoms with E-state index in [9.17, 15) is 4.57 Å². The normalized spacial score (nSPS) is 17.2. The Labute approximate surface area is 61.0 Å². The van der Waals surface area contributed by atoms with Crippen molar-refractivity contribution in [2.24, 2.45) is 0 Å². The van der Waals surface area contributed by atoms with E-state index in [0.29, 0.717) is 6.61 Å². The van der Waals surface area contributed by atoms with E-state index in [-0.39, 0.29) is 5.62 Å². The molecule has 0 N–H and O–H groups in total. The molecule has 4 heteroatoms. The van der Waals surface area contributed by atoms with E-state index in [0.717, 1.165) is 6.42 Å². The Balaban J connectivity index is 3.46. The lowest BCUT2D eigenvalue weighted by molar-refractivity contribution is 0.319. The lowest BCUT2D eigenvalue weighted by Crippen LogP contribution is -1.90. The van der Waals surface area contributed by atoms with Gasteiger partial charge in [0, 0.05) is 6.66 Å². The summed E-state index contributed by atoms with van der Waals surface area (Å²) in [5.41, 5.74) is 0.118. The molecule has 0 rings (SSSR count). The summed E-state index contributed by atoms with van der Waals surface area (Å²) in [5, 5.41) is 0. The van der Waals surface area contributed by atoms with Crippen molar-refractivity contribution in [1.82, 2.24) is 0 Å². The Morgan fingerprint density at radius 3 is 2.56 bits per heavy atom. The standard InChI is InChI=1S/C5H12ClO2P/c1-3-4-8-9(2,7)5-6/h3-5H2,1-2H3/t9-/m1/s1. The smallest absolute Gasteiger partial charge is 0.214 e. The molecule has 1 atom stereocenters. The number of rotatable bonds is 4. The Bertz CT molecular complexity index is 116. The predicted molar refractivity (Wildman–Crippen MR) is 40.5 cm³/mol. The van der Waals surface area contributed by atoms with E-state index in [1.807, 2.05) is 6.92 Å². The highest BCUT2D eigenvalue weighted by atomic mass is 35.5. The lowest BCUT2D eigenvalue weighted by atomic mass is 10.5. The molecular formula is C5H12ClO2P. The van der Waals surface area contributed by atoms with Crippen molar-refractivity contribution in [3.05, 3.63) is 0 Å². The van der Waals surface area contributed by atoms with Gasteiger partial charge in [0.15, 0.2) is 0 Å². The number of hydrogen-bond acceptors (Lipinski definition) is 2. The zero-order chi connectivity index (χ0) is 7.33. The summed E-state index contributed by atoms with van der Waals surface area (Å²) >= 11 is 5.34. The monoisotopic (exact) mass is 170 g/mol. The second kappa shape index (κ2) is 4.32. The highest BCUT2D eigenvalue weighted by Gasteiger charge is 2.11. The average Bonchev–Trinajstić information content (AvgIpc) is 1.84. The Morgan fingerprint density at radius 1 is 1.67 bits per heavy atom. The first kappa shape index (κ1) is 9.48. The van der Waals surface area contributed by atoms with Crippen LogP contribution in [-0.4, -0.2) is 18.9 Å². The van der Waals surface area contributed by atoms with Crippen molar-refractivity contribution in [2.75, 3.05) is 18.9 Å². The molecule has 0 aromatic heterocycles. The molecule has 9 heavy (non-hydrogen) atoms. The van der Waals surface area contributed by atoms with Gasteiger partial charge in [0.1, 0.15) is 0 Å². The lowest BCUT2D eigenvalue weighted by Gasteiger charge is -2.07. The van der Waals surface area contributed by atoms with E-state index in [2.05, 4.69) is 0 Å². The summed E-state index contributed by atoms with van der Waals surface area (Å²) < 4.78 is 15.9. The van der Waals surface area contributed by atoms with Gasteiger partial charge in [-0.2, -0.15) is 0 Å². The summed E-state index contributed by atoms with van der Waals surface area (Å²) in [6.07, 6.45) is 0.884. The summed E-state index contributed by atoms with van der Waals surface area (Å²) in [7, 11) is -2.42. The molecule has 0 heterocycles. The van der Waals surface area contributed by atoms with Gasteiger partial charge in [-0.15, -0.1) is 11.6 Å². The molecule has 56 valence electrons. The van der Waals surface area contributed by atoms with Crippen LogP contribution >= 0.6 is 19.0 Å². The maximum atomic E-state index is 11.0. The van der Waals surface area contributed by atoms with Gasteiger partial charge in [-0.3, -0.25) is 4.57 Å². The molecule has 0 unspecified atom stereocenters. The molecule has 0 aromatic rings. The zero-order valence-electron chi connectivity index (χ0n) is 5.76. The predicted octanol–water partition coefficient (Wildman–Crippen LogP) is 2.52. The van der Waals surface area contributed by atoms with E-state index in [4.69, 9.17) is 16.1 Å². The van der Waals surface area contributed by atoms with Crippen LogP contribution < -0.4 is 0 Å². The number of alkyl halides is 1. The van der Waals surface area contributed by atoms with Gasteiger partial charge in [-0.05, 0) is 6.42 Å². The molecule has 0 aliphatic carbocycles. The molecule has 0 aliphatic heterocycles. The van der Waals surface area contributed by atoms with Gasteiger partial charge in [-0.1, -0.05) is 6.92 Å². The highest BCUT2D eigenvalue weighted by molar-refractivity contribution is 7.59. The van der Waals surface area contributed by atoms with Crippen molar-refractivity contribution in [3.63, 3.8) is 0 Å². The van der Waals surface area contributed by atoms with Gasteiger partial charge in [0.05, 0.1) is 12.2 Å². The quantitative estimate of drug-likeness (QED) is 0.479. The second-order valence-electron chi connectivity index (χ2n) is 1.97. The van der Waals surface area contributed by atoms with Crippen LogP contribution in [0, 0.1) is 0 Å². The number of halogens is 1. The summed E-state index contributed by atoms with van der Waals surface area (Å²) in [6.45, 7) is 4.06. The third kappa shape index (κ3) is 4.95. The fourth-order valence-electron chi connectivity index (χ4n) is 0.319. The van der Waals surface area contributed by atoms with Crippen molar-refractivity contribution in [2.45, 2.75) is 13.3 Å². The van der Waals surface area contributed by atoms with E-state index < -0.39 is 7.37 Å². The first-order valence-corrected chi connectivity index (χ1v) is 5.68. The van der Waals surface area contributed by atoms with Crippen LogP contribution in [0.15, 0.2) is 0 Å². The van der Waals surface area contributed by atoms with Gasteiger partial charge >= 0.3 is 0 Å². The minimum Gasteiger partial charge on any atom is -0.328 e. The molecule has 0 aromatic carbocycles. The SMILES string of the molecule is CCCO[P@@](C)(=O)CCl. The third-order valence-electron chi connectivity index (χ3n) is 0.786. The van der Waals surface area contributed by atoms with Gasteiger partial charge < -0.3 is 4.52 Å². The van der Waals surface area contributed by atoms with Crippen molar-refractivity contribution in [1.29, 1.82) is 0 Å². The van der Waals surface area contributed by atoms with Crippen LogP contribution in [0.3, 0.4) is 0 Å². The molecule has 0 saturated carbocycles. The van der Waals surface area contributed by atoms with Gasteiger partial charge in [-0.25, -0.2) is 0 Å². The van der Waals surface area contributed by atoms with Crippen LogP contribution in [0.4, 0.5) is 0 Å². The van der Waals surface area contributed by atoms with Gasteiger partial charge in [0.25, 0.3) is 0 Å². The zero-order valence-corrected chi connectivity index (χ0v) is 7.41. The molecule has 0 spiro atoms. The van der Waals surface area contributed by atoms with Crippen LogP contribution in [0.1, 0.15) is 13.3 Å². The van der Waals surface area contributed by atoms with E-state index in [1.165, 1.54) is 0 Å². The first-order chi connectivity index (χ1) is 4.12. The first-order valence-electron chi connectivity index (χ1n) is 2.89. The molecule has 0 fully saturated rings. The number of hydrogen-bond donors (Lipinski definition) is 0. The summed E-state index contributed by atoms with van der Waals surface area (Å²) in [4.78, 5) is 0. The van der Waals surface area contributed by atoms with Crippen LogP contribution in [0.5, 0.6) is 0 Å². The molecule has 0 amide bonds. The maximum Gasteiger partial charge on any atom is 0.214 e. The second-order valence-corrected chi connectivity index (χ2v) is 5.21. The van der Waals surface area contributed by atoms with E-state index in [1.54, 1.807) is 6.66 Å². The molecule has 2 nitrogen and oxygen atoms in total. The van der Waals surface area contributed by atoms with Crippen molar-refractivity contribution < 1.29 is 9.09 Å². The van der Waals surface area contributed by atoms with E-state index >= 15 is 0 Å². The minimum atomic E-state index is -2.42. The van der Waals surface area contributed by atoms with Crippen LogP contribution in [0.2, 0.25) is 0 Å². The van der Waals surface area contributed by atoms with Crippen LogP contribution in [0.25, 0.3) is 0 Å². The Morgan fingerprint density at radius 2 is 2.22 bits per heavy atom. The molecule has 0 saturated heterocycles. The summed E-state index contributed by atoms with van der Waals surface area (Å²) in [6, 6.07) is 0. The average molecular weight is 171 g/mol. The topological polar surface area (TPSA) is 26.3 Å². The van der Waals surface area contributed by atoms with Gasteiger partial charge in [0.2, 0.25) is 7.37 Å². The summed E-state index contributed by atoms with van der Waals surface area (Å²) in [5.74, 6) is 0. The maximum absolute atomic E-state index is 11.0. The molecule has 0 aliphatic rings.